The molecule has 1 aromatic rings. The number of thioether (sulfide) groups is 1. The van der Waals surface area contributed by atoms with Crippen molar-refractivity contribution >= 4 is 11.8 Å². The number of aliphatic hydroxyl groups excluding tert-OH is 1. The highest BCUT2D eigenvalue weighted by Crippen LogP contribution is 2.12. The summed E-state index contributed by atoms with van der Waals surface area (Å²) < 4.78 is 0. The van der Waals surface area contributed by atoms with Crippen LogP contribution in [0.15, 0.2) is 24.3 Å². The van der Waals surface area contributed by atoms with E-state index in [1.54, 1.807) is 11.8 Å². The average molecular weight is 221 g/mol. The van der Waals surface area contributed by atoms with Crippen LogP contribution in [-0.2, 0) is 5.75 Å². The molecule has 0 heterocycles. The standard InChI is InChI=1S/C12H15NOS/c13-6-2-5-11-3-1-4-12(9-11)10-15-8-7-14/h1,3-4,9,14H,6-8,10,13H2. The monoisotopic (exact) mass is 221 g/mol. The van der Waals surface area contributed by atoms with Gasteiger partial charge in [-0.15, -0.1) is 0 Å². The highest BCUT2D eigenvalue weighted by molar-refractivity contribution is 7.98. The topological polar surface area (TPSA) is 46.2 Å². The zero-order valence-corrected chi connectivity index (χ0v) is 9.39. The molecule has 80 valence electrons. The summed E-state index contributed by atoms with van der Waals surface area (Å²) in [6.07, 6.45) is 0. The van der Waals surface area contributed by atoms with Crippen molar-refractivity contribution in [2.24, 2.45) is 5.73 Å². The van der Waals surface area contributed by atoms with Crippen molar-refractivity contribution in [3.63, 3.8) is 0 Å². The first-order valence-corrected chi connectivity index (χ1v) is 5.99. The maximum Gasteiger partial charge on any atom is 0.0555 e. The second-order valence-corrected chi connectivity index (χ2v) is 4.09. The number of rotatable bonds is 4. The van der Waals surface area contributed by atoms with E-state index in [4.69, 9.17) is 10.8 Å². The van der Waals surface area contributed by atoms with Crippen LogP contribution in [0.25, 0.3) is 0 Å². The summed E-state index contributed by atoms with van der Waals surface area (Å²) in [6.45, 7) is 0.626. The van der Waals surface area contributed by atoms with Gasteiger partial charge in [-0.3, -0.25) is 0 Å². The third-order valence-corrected chi connectivity index (χ3v) is 2.77. The van der Waals surface area contributed by atoms with Crippen molar-refractivity contribution in [3.8, 4) is 11.8 Å². The van der Waals surface area contributed by atoms with E-state index in [2.05, 4.69) is 24.0 Å². The molecule has 0 atom stereocenters. The van der Waals surface area contributed by atoms with Crippen LogP contribution in [0.2, 0.25) is 0 Å². The van der Waals surface area contributed by atoms with Crippen molar-refractivity contribution < 1.29 is 5.11 Å². The van der Waals surface area contributed by atoms with Crippen LogP contribution < -0.4 is 5.73 Å². The van der Waals surface area contributed by atoms with Gasteiger partial charge in [0.1, 0.15) is 0 Å². The Morgan fingerprint density at radius 1 is 1.40 bits per heavy atom. The predicted molar refractivity (Wildman–Crippen MR) is 65.6 cm³/mol. The number of hydrogen-bond donors (Lipinski definition) is 2. The Morgan fingerprint density at radius 2 is 2.27 bits per heavy atom. The number of benzene rings is 1. The average Bonchev–Trinajstić information content (AvgIpc) is 2.27. The van der Waals surface area contributed by atoms with Gasteiger partial charge in [0.05, 0.1) is 13.2 Å². The van der Waals surface area contributed by atoms with Gasteiger partial charge in [0.15, 0.2) is 0 Å². The van der Waals surface area contributed by atoms with E-state index in [1.165, 1.54) is 5.56 Å². The summed E-state index contributed by atoms with van der Waals surface area (Å²) in [6, 6.07) is 8.10. The molecule has 0 radical (unpaired) electrons. The molecule has 3 N–H and O–H groups in total. The Hall–Kier alpha value is -0.950. The summed E-state index contributed by atoms with van der Waals surface area (Å²) in [7, 11) is 0. The van der Waals surface area contributed by atoms with Gasteiger partial charge >= 0.3 is 0 Å². The molecule has 0 unspecified atom stereocenters. The number of aliphatic hydroxyl groups is 1. The van der Waals surface area contributed by atoms with Crippen LogP contribution in [-0.4, -0.2) is 24.0 Å². The van der Waals surface area contributed by atoms with E-state index in [0.717, 1.165) is 17.1 Å². The Kier molecular flexibility index (Phi) is 5.94. The molecule has 0 aliphatic heterocycles. The van der Waals surface area contributed by atoms with Crippen LogP contribution in [0.5, 0.6) is 0 Å². The van der Waals surface area contributed by atoms with Crippen LogP contribution >= 0.6 is 11.8 Å². The Bertz CT molecular complexity index is 354. The third kappa shape index (κ3) is 4.89. The summed E-state index contributed by atoms with van der Waals surface area (Å²) >= 11 is 1.72. The van der Waals surface area contributed by atoms with Gasteiger partial charge in [-0.1, -0.05) is 24.0 Å². The summed E-state index contributed by atoms with van der Waals surface area (Å²) in [5, 5.41) is 8.66. The second kappa shape index (κ2) is 7.36. The minimum Gasteiger partial charge on any atom is -0.396 e. The quantitative estimate of drug-likeness (QED) is 0.593. The molecule has 3 heteroatoms. The zero-order valence-electron chi connectivity index (χ0n) is 8.57. The lowest BCUT2D eigenvalue weighted by Crippen LogP contribution is -1.93. The highest BCUT2D eigenvalue weighted by atomic mass is 32.2. The molecule has 0 aliphatic carbocycles. The number of nitrogens with two attached hydrogens (primary N) is 1. The first-order chi connectivity index (χ1) is 7.36. The van der Waals surface area contributed by atoms with Gasteiger partial charge in [-0.2, -0.15) is 11.8 Å². The molecule has 15 heavy (non-hydrogen) atoms. The van der Waals surface area contributed by atoms with E-state index in [9.17, 15) is 0 Å². The lowest BCUT2D eigenvalue weighted by Gasteiger charge is -2.00. The zero-order chi connectivity index (χ0) is 10.9. The molecular formula is C12H15NOS. The smallest absolute Gasteiger partial charge is 0.0555 e. The molecule has 0 aliphatic rings. The lowest BCUT2D eigenvalue weighted by atomic mass is 10.1. The summed E-state index contributed by atoms with van der Waals surface area (Å²) in [4.78, 5) is 0. The van der Waals surface area contributed by atoms with Gasteiger partial charge in [-0.05, 0) is 17.7 Å². The van der Waals surface area contributed by atoms with E-state index in [0.29, 0.717) is 6.54 Å². The van der Waals surface area contributed by atoms with Gasteiger partial charge in [0, 0.05) is 17.1 Å². The van der Waals surface area contributed by atoms with Gasteiger partial charge in [-0.25, -0.2) is 0 Å². The predicted octanol–water partition coefficient (Wildman–Crippen LogP) is 1.22. The SMILES string of the molecule is NCC#Cc1cccc(CSCCO)c1. The fourth-order valence-electron chi connectivity index (χ4n) is 1.15. The van der Waals surface area contributed by atoms with E-state index in [1.807, 2.05) is 12.1 Å². The maximum atomic E-state index is 8.66. The summed E-state index contributed by atoms with van der Waals surface area (Å²) in [5.74, 6) is 7.52. The second-order valence-electron chi connectivity index (χ2n) is 2.98. The Labute approximate surface area is 94.9 Å². The van der Waals surface area contributed by atoms with Crippen molar-refractivity contribution in [1.82, 2.24) is 0 Å². The molecule has 0 amide bonds. The van der Waals surface area contributed by atoms with Gasteiger partial charge in [0.25, 0.3) is 0 Å². The molecule has 0 spiro atoms. The van der Waals surface area contributed by atoms with E-state index < -0.39 is 0 Å². The molecule has 2 nitrogen and oxygen atoms in total. The van der Waals surface area contributed by atoms with Crippen molar-refractivity contribution in [2.45, 2.75) is 5.75 Å². The molecule has 0 fully saturated rings. The molecule has 1 rings (SSSR count). The molecule has 0 bridgehead atoms. The molecule has 0 saturated heterocycles. The van der Waals surface area contributed by atoms with Crippen LogP contribution in [0.1, 0.15) is 11.1 Å². The normalized spacial score (nSPS) is 9.47. The van der Waals surface area contributed by atoms with Crippen molar-refractivity contribution in [3.05, 3.63) is 35.4 Å². The minimum atomic E-state index is 0.233. The first kappa shape index (κ1) is 12.1. The Balaban J connectivity index is 2.57. The molecule has 1 aromatic carbocycles. The first-order valence-electron chi connectivity index (χ1n) is 4.83. The fraction of sp³-hybridized carbons (Fsp3) is 0.333. The maximum absolute atomic E-state index is 8.66. The van der Waals surface area contributed by atoms with Crippen LogP contribution in [0.3, 0.4) is 0 Å². The van der Waals surface area contributed by atoms with Crippen LogP contribution in [0.4, 0.5) is 0 Å². The lowest BCUT2D eigenvalue weighted by molar-refractivity contribution is 0.322. The van der Waals surface area contributed by atoms with E-state index in [-0.39, 0.29) is 6.61 Å². The van der Waals surface area contributed by atoms with Crippen molar-refractivity contribution in [1.29, 1.82) is 0 Å². The van der Waals surface area contributed by atoms with Crippen LogP contribution in [0, 0.1) is 11.8 Å². The van der Waals surface area contributed by atoms with Gasteiger partial charge in [0.2, 0.25) is 0 Å². The van der Waals surface area contributed by atoms with Gasteiger partial charge < -0.3 is 10.8 Å². The number of hydrogen-bond acceptors (Lipinski definition) is 3. The third-order valence-electron chi connectivity index (χ3n) is 1.77. The van der Waals surface area contributed by atoms with Crippen molar-refractivity contribution in [2.75, 3.05) is 18.9 Å². The highest BCUT2D eigenvalue weighted by Gasteiger charge is 1.94. The Morgan fingerprint density at radius 3 is 3.00 bits per heavy atom. The fourth-order valence-corrected chi connectivity index (χ4v) is 1.84. The summed E-state index contributed by atoms with van der Waals surface area (Å²) in [5.41, 5.74) is 7.54. The molecule has 0 aromatic heterocycles. The largest absolute Gasteiger partial charge is 0.396 e. The molecule has 0 saturated carbocycles. The minimum absolute atomic E-state index is 0.233. The van der Waals surface area contributed by atoms with E-state index >= 15 is 0 Å². The molecular weight excluding hydrogens is 206 g/mol.